The number of amides is 3. The molecule has 2 N–H and O–H groups in total. The van der Waals surface area contributed by atoms with Crippen LogP contribution in [0.5, 0.6) is 5.75 Å². The maximum absolute atomic E-state index is 13.1. The van der Waals surface area contributed by atoms with Crippen molar-refractivity contribution in [2.24, 2.45) is 0 Å². The van der Waals surface area contributed by atoms with Gasteiger partial charge in [-0.1, -0.05) is 51.1 Å². The molecule has 0 aliphatic heterocycles. The molecule has 0 spiro atoms. The summed E-state index contributed by atoms with van der Waals surface area (Å²) in [6.07, 6.45) is 0. The van der Waals surface area contributed by atoms with E-state index in [0.717, 1.165) is 22.7 Å². The van der Waals surface area contributed by atoms with Gasteiger partial charge in [0.2, 0.25) is 5.91 Å². The molecular formula is C27H35N5O3. The Hall–Kier alpha value is -3.81. The number of rotatable bonds is 8. The fraction of sp³-hybridized carbons (Fsp3) is 0.370. The van der Waals surface area contributed by atoms with Crippen molar-refractivity contribution in [1.29, 1.82) is 0 Å². The summed E-state index contributed by atoms with van der Waals surface area (Å²) in [5.74, 6) is 0.971. The molecule has 2 aromatic carbocycles. The lowest BCUT2D eigenvalue weighted by molar-refractivity contribution is -0.117. The standard InChI is InChI=1S/C27H35N5O3/c1-19(2)31(26(34)28-17-20-10-8-7-9-11-20)18-25(33)29-24-16-23(27(3,4)5)30-32(24)21-12-14-22(35-6)15-13-21/h7-16,19H,17-18H2,1-6H3,(H,28,34)(H,29,33). The summed E-state index contributed by atoms with van der Waals surface area (Å²) in [4.78, 5) is 27.4. The molecule has 0 bridgehead atoms. The van der Waals surface area contributed by atoms with Gasteiger partial charge in [-0.15, -0.1) is 0 Å². The van der Waals surface area contributed by atoms with Crippen LogP contribution in [-0.2, 0) is 16.8 Å². The van der Waals surface area contributed by atoms with Crippen LogP contribution in [0.3, 0.4) is 0 Å². The van der Waals surface area contributed by atoms with Crippen molar-refractivity contribution >= 4 is 17.8 Å². The van der Waals surface area contributed by atoms with E-state index in [1.54, 1.807) is 11.8 Å². The molecule has 0 saturated heterocycles. The van der Waals surface area contributed by atoms with Gasteiger partial charge in [-0.3, -0.25) is 4.79 Å². The number of carbonyl (C=O) groups excluding carboxylic acids is 2. The van der Waals surface area contributed by atoms with Crippen LogP contribution in [0.25, 0.3) is 5.69 Å². The van der Waals surface area contributed by atoms with E-state index in [1.165, 1.54) is 4.90 Å². The Morgan fingerprint density at radius 2 is 1.71 bits per heavy atom. The highest BCUT2D eigenvalue weighted by Gasteiger charge is 2.24. The van der Waals surface area contributed by atoms with Gasteiger partial charge < -0.3 is 20.3 Å². The Morgan fingerprint density at radius 1 is 1.06 bits per heavy atom. The Labute approximate surface area is 207 Å². The van der Waals surface area contributed by atoms with E-state index >= 15 is 0 Å². The third-order valence-corrected chi connectivity index (χ3v) is 5.55. The third kappa shape index (κ3) is 6.85. The zero-order valence-electron chi connectivity index (χ0n) is 21.3. The van der Waals surface area contributed by atoms with E-state index in [-0.39, 0.29) is 29.9 Å². The highest BCUT2D eigenvalue weighted by atomic mass is 16.5. The van der Waals surface area contributed by atoms with E-state index in [0.29, 0.717) is 12.4 Å². The van der Waals surface area contributed by atoms with E-state index in [9.17, 15) is 9.59 Å². The van der Waals surface area contributed by atoms with Gasteiger partial charge in [0.1, 0.15) is 18.1 Å². The first-order chi connectivity index (χ1) is 16.6. The second-order valence-corrected chi connectivity index (χ2v) is 9.69. The van der Waals surface area contributed by atoms with E-state index < -0.39 is 0 Å². The van der Waals surface area contributed by atoms with Crippen LogP contribution >= 0.6 is 0 Å². The molecule has 1 aromatic heterocycles. The molecular weight excluding hydrogens is 442 g/mol. The molecule has 3 amide bonds. The molecule has 3 aromatic rings. The molecule has 35 heavy (non-hydrogen) atoms. The molecule has 186 valence electrons. The Bertz CT molecular complexity index is 1130. The number of methoxy groups -OCH3 is 1. The minimum atomic E-state index is -0.302. The van der Waals surface area contributed by atoms with Crippen LogP contribution in [0.1, 0.15) is 45.9 Å². The van der Waals surface area contributed by atoms with Crippen molar-refractivity contribution < 1.29 is 14.3 Å². The summed E-state index contributed by atoms with van der Waals surface area (Å²) >= 11 is 0. The number of carbonyl (C=O) groups is 2. The van der Waals surface area contributed by atoms with Crippen molar-refractivity contribution in [1.82, 2.24) is 20.0 Å². The Balaban J connectivity index is 1.76. The largest absolute Gasteiger partial charge is 0.497 e. The lowest BCUT2D eigenvalue weighted by Crippen LogP contribution is -2.47. The van der Waals surface area contributed by atoms with Crippen molar-refractivity contribution in [3.63, 3.8) is 0 Å². The summed E-state index contributed by atoms with van der Waals surface area (Å²) in [5, 5.41) is 10.6. The molecule has 0 atom stereocenters. The third-order valence-electron chi connectivity index (χ3n) is 5.55. The van der Waals surface area contributed by atoms with E-state index in [4.69, 9.17) is 9.84 Å². The summed E-state index contributed by atoms with van der Waals surface area (Å²) < 4.78 is 6.95. The molecule has 0 radical (unpaired) electrons. The highest BCUT2D eigenvalue weighted by Crippen LogP contribution is 2.27. The van der Waals surface area contributed by atoms with Crippen molar-refractivity contribution in [3.05, 3.63) is 71.9 Å². The van der Waals surface area contributed by atoms with Crippen molar-refractivity contribution in [2.45, 2.75) is 52.6 Å². The van der Waals surface area contributed by atoms with Gasteiger partial charge >= 0.3 is 6.03 Å². The van der Waals surface area contributed by atoms with Gasteiger partial charge in [0.15, 0.2) is 0 Å². The number of nitrogens with zero attached hydrogens (tertiary/aromatic N) is 3. The normalized spacial score (nSPS) is 11.3. The van der Waals surface area contributed by atoms with Gasteiger partial charge in [-0.25, -0.2) is 9.48 Å². The number of aromatic nitrogens is 2. The first kappa shape index (κ1) is 25.8. The smallest absolute Gasteiger partial charge is 0.318 e. The molecule has 0 unspecified atom stereocenters. The van der Waals surface area contributed by atoms with Gasteiger partial charge in [0, 0.05) is 24.1 Å². The number of nitrogens with one attached hydrogen (secondary N) is 2. The maximum atomic E-state index is 13.1. The van der Waals surface area contributed by atoms with Crippen LogP contribution in [0.4, 0.5) is 10.6 Å². The summed E-state index contributed by atoms with van der Waals surface area (Å²) in [6.45, 7) is 10.3. The molecule has 8 heteroatoms. The van der Waals surface area contributed by atoms with E-state index in [2.05, 4.69) is 31.4 Å². The summed E-state index contributed by atoms with van der Waals surface area (Å²) in [6, 6.07) is 18.5. The quantitative estimate of drug-likeness (QED) is 0.491. The monoisotopic (exact) mass is 477 g/mol. The first-order valence-corrected chi connectivity index (χ1v) is 11.7. The van der Waals surface area contributed by atoms with Crippen LogP contribution in [-0.4, -0.2) is 46.3 Å². The van der Waals surface area contributed by atoms with Crippen molar-refractivity contribution in [3.8, 4) is 11.4 Å². The molecule has 1 heterocycles. The van der Waals surface area contributed by atoms with Gasteiger partial charge in [-0.2, -0.15) is 5.10 Å². The van der Waals surface area contributed by atoms with Gasteiger partial charge in [0.05, 0.1) is 18.5 Å². The minimum absolute atomic E-state index is 0.0864. The van der Waals surface area contributed by atoms with Crippen LogP contribution < -0.4 is 15.4 Å². The molecule has 3 rings (SSSR count). The first-order valence-electron chi connectivity index (χ1n) is 11.7. The summed E-state index contributed by atoms with van der Waals surface area (Å²) in [7, 11) is 1.61. The number of urea groups is 1. The molecule has 0 aliphatic carbocycles. The van der Waals surface area contributed by atoms with Gasteiger partial charge in [-0.05, 0) is 43.7 Å². The summed E-state index contributed by atoms with van der Waals surface area (Å²) in [5.41, 5.74) is 2.41. The SMILES string of the molecule is COc1ccc(-n2nc(C(C)(C)C)cc2NC(=O)CN(C(=O)NCc2ccccc2)C(C)C)cc1. The second kappa shape index (κ2) is 11.1. The predicted molar refractivity (Wildman–Crippen MR) is 138 cm³/mol. The number of hydrogen-bond donors (Lipinski definition) is 2. The number of ether oxygens (including phenoxy) is 1. The fourth-order valence-corrected chi connectivity index (χ4v) is 3.46. The topological polar surface area (TPSA) is 88.5 Å². The fourth-order valence-electron chi connectivity index (χ4n) is 3.46. The predicted octanol–water partition coefficient (Wildman–Crippen LogP) is 4.74. The average Bonchev–Trinajstić information content (AvgIpc) is 3.25. The van der Waals surface area contributed by atoms with Crippen LogP contribution in [0.15, 0.2) is 60.7 Å². The second-order valence-electron chi connectivity index (χ2n) is 9.69. The van der Waals surface area contributed by atoms with E-state index in [1.807, 2.05) is 74.5 Å². The van der Waals surface area contributed by atoms with Gasteiger partial charge in [0.25, 0.3) is 0 Å². The zero-order chi connectivity index (χ0) is 25.6. The molecule has 0 saturated carbocycles. The number of anilines is 1. The average molecular weight is 478 g/mol. The Kier molecular flexibility index (Phi) is 8.17. The zero-order valence-corrected chi connectivity index (χ0v) is 21.3. The molecule has 0 fully saturated rings. The molecule has 8 nitrogen and oxygen atoms in total. The van der Waals surface area contributed by atoms with Crippen molar-refractivity contribution in [2.75, 3.05) is 19.0 Å². The minimum Gasteiger partial charge on any atom is -0.497 e. The van der Waals surface area contributed by atoms with Crippen LogP contribution in [0.2, 0.25) is 0 Å². The maximum Gasteiger partial charge on any atom is 0.318 e. The lowest BCUT2D eigenvalue weighted by Gasteiger charge is -2.26. The van der Waals surface area contributed by atoms with Crippen LogP contribution in [0, 0.1) is 0 Å². The number of benzene rings is 2. The molecule has 0 aliphatic rings. The Morgan fingerprint density at radius 3 is 2.29 bits per heavy atom. The number of hydrogen-bond acceptors (Lipinski definition) is 4. The highest BCUT2D eigenvalue weighted by molar-refractivity contribution is 5.94. The lowest BCUT2D eigenvalue weighted by atomic mass is 9.92.